The molecule has 3 aromatic carbocycles. The van der Waals surface area contributed by atoms with E-state index in [0.717, 1.165) is 27.7 Å². The predicted molar refractivity (Wildman–Crippen MR) is 120 cm³/mol. The number of aromatic nitrogens is 2. The molecule has 0 radical (unpaired) electrons. The third-order valence-electron chi connectivity index (χ3n) is 4.73. The van der Waals surface area contributed by atoms with Gasteiger partial charge in [0.1, 0.15) is 0 Å². The van der Waals surface area contributed by atoms with Crippen molar-refractivity contribution in [1.82, 2.24) is 9.97 Å². The Morgan fingerprint density at radius 3 is 2.43 bits per heavy atom. The van der Waals surface area contributed by atoms with E-state index in [1.165, 1.54) is 5.56 Å². The van der Waals surface area contributed by atoms with E-state index < -0.39 is 0 Å². The molecule has 4 rings (SSSR count). The van der Waals surface area contributed by atoms with Crippen molar-refractivity contribution in [1.29, 1.82) is 0 Å². The summed E-state index contributed by atoms with van der Waals surface area (Å²) in [7, 11) is 3.20. The van der Waals surface area contributed by atoms with Crippen LogP contribution in [-0.2, 0) is 0 Å². The topological polar surface area (TPSA) is 68.6 Å². The van der Waals surface area contributed by atoms with Crippen molar-refractivity contribution in [3.05, 3.63) is 77.9 Å². The predicted octanol–water partition coefficient (Wildman–Crippen LogP) is 5.07. The zero-order valence-electron chi connectivity index (χ0n) is 17.1. The maximum Gasteiger partial charge on any atom is 0.244 e. The van der Waals surface area contributed by atoms with E-state index in [-0.39, 0.29) is 0 Å². The molecule has 0 fully saturated rings. The van der Waals surface area contributed by atoms with Crippen LogP contribution in [0.4, 0.5) is 5.95 Å². The molecule has 0 saturated carbocycles. The lowest BCUT2D eigenvalue weighted by molar-refractivity contribution is 0.354. The molecule has 30 heavy (non-hydrogen) atoms. The lowest BCUT2D eigenvalue weighted by atomic mass is 10.1. The highest BCUT2D eigenvalue weighted by Crippen LogP contribution is 2.30. The van der Waals surface area contributed by atoms with Crippen molar-refractivity contribution in [2.24, 2.45) is 5.10 Å². The molecule has 0 bridgehead atoms. The quantitative estimate of drug-likeness (QED) is 0.363. The van der Waals surface area contributed by atoms with Crippen LogP contribution in [0.5, 0.6) is 11.5 Å². The van der Waals surface area contributed by atoms with Crippen LogP contribution in [-0.4, -0.2) is 30.4 Å². The molecule has 0 unspecified atom stereocenters. The standard InChI is InChI=1S/C24H22N4O2/c1-16-11-13-17(14-12-16)22-19-8-4-5-9-20(19)26-24(27-22)28-25-15-18-7-6-10-21(29-2)23(18)30-3/h4-15H,1-3H3,(H,26,27,28)/b25-15+. The van der Waals surface area contributed by atoms with Crippen LogP contribution in [0.1, 0.15) is 11.1 Å². The summed E-state index contributed by atoms with van der Waals surface area (Å²) in [6, 6.07) is 21.8. The van der Waals surface area contributed by atoms with E-state index in [2.05, 4.69) is 46.7 Å². The Labute approximate surface area is 175 Å². The highest BCUT2D eigenvalue weighted by Gasteiger charge is 2.10. The Kier molecular flexibility index (Phi) is 5.57. The second-order valence-corrected chi connectivity index (χ2v) is 6.73. The molecule has 150 valence electrons. The fraction of sp³-hybridized carbons (Fsp3) is 0.125. The number of anilines is 1. The van der Waals surface area contributed by atoms with Gasteiger partial charge in [-0.2, -0.15) is 5.10 Å². The van der Waals surface area contributed by atoms with Crippen molar-refractivity contribution < 1.29 is 9.47 Å². The average molecular weight is 398 g/mol. The molecule has 0 amide bonds. The molecule has 0 aliphatic rings. The zero-order valence-corrected chi connectivity index (χ0v) is 17.1. The second kappa shape index (κ2) is 8.61. The molecule has 0 aliphatic carbocycles. The van der Waals surface area contributed by atoms with Crippen LogP contribution >= 0.6 is 0 Å². The van der Waals surface area contributed by atoms with Gasteiger partial charge >= 0.3 is 0 Å². The normalized spacial score (nSPS) is 11.0. The number of fused-ring (bicyclic) bond motifs is 1. The number of nitrogens with zero attached hydrogens (tertiary/aromatic N) is 3. The number of aryl methyl sites for hydroxylation is 1. The van der Waals surface area contributed by atoms with Gasteiger partial charge in [0, 0.05) is 16.5 Å². The second-order valence-electron chi connectivity index (χ2n) is 6.73. The fourth-order valence-electron chi connectivity index (χ4n) is 3.23. The summed E-state index contributed by atoms with van der Waals surface area (Å²) < 4.78 is 10.8. The molecule has 4 aromatic rings. The number of ether oxygens (including phenoxy) is 2. The van der Waals surface area contributed by atoms with Crippen LogP contribution in [0.2, 0.25) is 0 Å². The lowest BCUT2D eigenvalue weighted by Crippen LogP contribution is -2.01. The number of methoxy groups -OCH3 is 2. The molecule has 6 nitrogen and oxygen atoms in total. The Hall–Kier alpha value is -3.93. The van der Waals surface area contributed by atoms with E-state index in [1.54, 1.807) is 20.4 Å². The molecular formula is C24H22N4O2. The average Bonchev–Trinajstić information content (AvgIpc) is 2.79. The highest BCUT2D eigenvalue weighted by molar-refractivity contribution is 5.93. The van der Waals surface area contributed by atoms with Gasteiger partial charge in [-0.1, -0.05) is 54.1 Å². The molecule has 0 saturated heterocycles. The number of nitrogens with one attached hydrogen (secondary N) is 1. The molecule has 1 heterocycles. The van der Waals surface area contributed by atoms with E-state index >= 15 is 0 Å². The molecule has 0 aliphatic heterocycles. The first kappa shape index (κ1) is 19.4. The number of hydrogen-bond donors (Lipinski definition) is 1. The molecule has 0 spiro atoms. The maximum atomic E-state index is 5.44. The van der Waals surface area contributed by atoms with Crippen molar-refractivity contribution >= 4 is 23.1 Å². The zero-order chi connectivity index (χ0) is 20.9. The molecule has 1 N–H and O–H groups in total. The highest BCUT2D eigenvalue weighted by atomic mass is 16.5. The third-order valence-corrected chi connectivity index (χ3v) is 4.73. The molecule has 0 atom stereocenters. The minimum atomic E-state index is 0.419. The van der Waals surface area contributed by atoms with E-state index in [0.29, 0.717) is 17.4 Å². The summed E-state index contributed by atoms with van der Waals surface area (Å²) in [4.78, 5) is 9.31. The van der Waals surface area contributed by atoms with Crippen LogP contribution in [0.25, 0.3) is 22.2 Å². The maximum absolute atomic E-state index is 5.44. The van der Waals surface area contributed by atoms with Gasteiger partial charge in [-0.25, -0.2) is 15.4 Å². The summed E-state index contributed by atoms with van der Waals surface area (Å²) in [5.41, 5.74) is 7.66. The van der Waals surface area contributed by atoms with Gasteiger partial charge < -0.3 is 9.47 Å². The summed E-state index contributed by atoms with van der Waals surface area (Å²) in [5.74, 6) is 1.68. The summed E-state index contributed by atoms with van der Waals surface area (Å²) in [6.45, 7) is 2.07. The first-order chi connectivity index (χ1) is 14.7. The van der Waals surface area contributed by atoms with Crippen LogP contribution in [0.3, 0.4) is 0 Å². The molecule has 6 heteroatoms. The summed E-state index contributed by atoms with van der Waals surface area (Å²) in [6.07, 6.45) is 1.66. The van der Waals surface area contributed by atoms with Crippen LogP contribution < -0.4 is 14.9 Å². The lowest BCUT2D eigenvalue weighted by Gasteiger charge is -2.10. The number of para-hydroxylation sites is 2. The van der Waals surface area contributed by atoms with Gasteiger partial charge in [-0.15, -0.1) is 0 Å². The van der Waals surface area contributed by atoms with Crippen molar-refractivity contribution in [3.63, 3.8) is 0 Å². The van der Waals surface area contributed by atoms with Crippen molar-refractivity contribution in [2.45, 2.75) is 6.92 Å². The van der Waals surface area contributed by atoms with Crippen LogP contribution in [0.15, 0.2) is 71.8 Å². The SMILES string of the molecule is COc1cccc(/C=N/Nc2nc(-c3ccc(C)cc3)c3ccccc3n2)c1OC. The summed E-state index contributed by atoms with van der Waals surface area (Å²) >= 11 is 0. The fourth-order valence-corrected chi connectivity index (χ4v) is 3.23. The van der Waals surface area contributed by atoms with E-state index in [9.17, 15) is 0 Å². The van der Waals surface area contributed by atoms with Gasteiger partial charge in [0.15, 0.2) is 11.5 Å². The smallest absolute Gasteiger partial charge is 0.244 e. The first-order valence-electron chi connectivity index (χ1n) is 9.53. The molecule has 1 aromatic heterocycles. The van der Waals surface area contributed by atoms with Gasteiger partial charge in [-0.3, -0.25) is 0 Å². The Balaban J connectivity index is 1.69. The van der Waals surface area contributed by atoms with Gasteiger partial charge in [-0.05, 0) is 25.1 Å². The third kappa shape index (κ3) is 3.93. The summed E-state index contributed by atoms with van der Waals surface area (Å²) in [5, 5.41) is 5.31. The largest absolute Gasteiger partial charge is 0.493 e. The Bertz CT molecular complexity index is 1200. The Morgan fingerprint density at radius 1 is 0.867 bits per heavy atom. The molecular weight excluding hydrogens is 376 g/mol. The van der Waals surface area contributed by atoms with Crippen molar-refractivity contribution in [3.8, 4) is 22.8 Å². The first-order valence-corrected chi connectivity index (χ1v) is 9.53. The number of rotatable bonds is 6. The van der Waals surface area contributed by atoms with Gasteiger partial charge in [0.25, 0.3) is 0 Å². The van der Waals surface area contributed by atoms with Gasteiger partial charge in [0.05, 0.1) is 31.6 Å². The van der Waals surface area contributed by atoms with Crippen LogP contribution in [0, 0.1) is 6.92 Å². The number of hydrazone groups is 1. The van der Waals surface area contributed by atoms with Crippen molar-refractivity contribution in [2.75, 3.05) is 19.6 Å². The minimum absolute atomic E-state index is 0.419. The van der Waals surface area contributed by atoms with E-state index in [1.807, 2.05) is 42.5 Å². The number of benzene rings is 3. The van der Waals surface area contributed by atoms with Gasteiger partial charge in [0.2, 0.25) is 5.95 Å². The number of hydrogen-bond acceptors (Lipinski definition) is 6. The Morgan fingerprint density at radius 2 is 1.67 bits per heavy atom. The van der Waals surface area contributed by atoms with E-state index in [4.69, 9.17) is 14.5 Å². The monoisotopic (exact) mass is 398 g/mol. The minimum Gasteiger partial charge on any atom is -0.493 e.